The van der Waals surface area contributed by atoms with Crippen LogP contribution in [0.15, 0.2) is 42.5 Å². The van der Waals surface area contributed by atoms with Gasteiger partial charge < -0.3 is 19.7 Å². The molecule has 7 nitrogen and oxygen atoms in total. The Balaban J connectivity index is 1.47. The van der Waals surface area contributed by atoms with E-state index in [0.29, 0.717) is 43.2 Å². The molecule has 1 aliphatic rings. The third-order valence-corrected chi connectivity index (χ3v) is 5.05. The van der Waals surface area contributed by atoms with Crippen LogP contribution >= 0.6 is 0 Å². The van der Waals surface area contributed by atoms with Crippen molar-refractivity contribution >= 4 is 17.5 Å². The number of benzene rings is 2. The van der Waals surface area contributed by atoms with E-state index in [1.165, 1.54) is 12.1 Å². The Hall–Kier alpha value is -3.27. The second-order valence-electron chi connectivity index (χ2n) is 7.37. The lowest BCUT2D eigenvalue weighted by Gasteiger charge is -2.34. The summed E-state index contributed by atoms with van der Waals surface area (Å²) in [6.45, 7) is 4.03. The number of rotatable bonds is 6. The van der Waals surface area contributed by atoms with Crippen LogP contribution in [0.2, 0.25) is 0 Å². The van der Waals surface area contributed by atoms with E-state index in [9.17, 15) is 22.8 Å². The highest BCUT2D eigenvalue weighted by molar-refractivity contribution is 5.95. The Morgan fingerprint density at radius 2 is 1.69 bits per heavy atom. The van der Waals surface area contributed by atoms with Gasteiger partial charge in [0.1, 0.15) is 11.5 Å². The summed E-state index contributed by atoms with van der Waals surface area (Å²) in [6.07, 6.45) is -4.76. The van der Waals surface area contributed by atoms with Gasteiger partial charge in [0.2, 0.25) is 5.91 Å². The SMILES string of the molecule is COc1cc(C(=O)N2CCN(CC(=O)Nc3ccc(OC(F)(F)F)cc3)CC2)ccc1C. The van der Waals surface area contributed by atoms with Gasteiger partial charge in [0, 0.05) is 37.4 Å². The first-order valence-corrected chi connectivity index (χ1v) is 9.96. The molecule has 0 aliphatic carbocycles. The average molecular weight is 451 g/mol. The molecule has 1 aliphatic heterocycles. The zero-order valence-electron chi connectivity index (χ0n) is 17.7. The van der Waals surface area contributed by atoms with E-state index in [1.807, 2.05) is 17.9 Å². The number of aryl methyl sites for hydroxylation is 1. The lowest BCUT2D eigenvalue weighted by atomic mass is 10.1. The van der Waals surface area contributed by atoms with Crippen molar-refractivity contribution in [2.75, 3.05) is 45.2 Å². The predicted octanol–water partition coefficient (Wildman–Crippen LogP) is 3.30. The topological polar surface area (TPSA) is 71.1 Å². The molecule has 2 aromatic carbocycles. The maximum absolute atomic E-state index is 12.8. The molecule has 1 N–H and O–H groups in total. The minimum Gasteiger partial charge on any atom is -0.496 e. The summed E-state index contributed by atoms with van der Waals surface area (Å²) in [4.78, 5) is 28.7. The minimum atomic E-state index is -4.76. The van der Waals surface area contributed by atoms with Crippen LogP contribution in [0.3, 0.4) is 0 Å². The molecule has 0 saturated carbocycles. The van der Waals surface area contributed by atoms with Crippen LogP contribution in [0.4, 0.5) is 18.9 Å². The van der Waals surface area contributed by atoms with Crippen LogP contribution in [-0.2, 0) is 4.79 Å². The van der Waals surface area contributed by atoms with E-state index in [0.717, 1.165) is 17.7 Å². The number of hydrogen-bond donors (Lipinski definition) is 1. The normalized spacial score (nSPS) is 14.7. The lowest BCUT2D eigenvalue weighted by Crippen LogP contribution is -2.50. The van der Waals surface area contributed by atoms with Crippen molar-refractivity contribution in [3.05, 3.63) is 53.6 Å². The molecule has 0 aromatic heterocycles. The van der Waals surface area contributed by atoms with Crippen LogP contribution in [-0.4, -0.2) is 67.8 Å². The zero-order valence-corrected chi connectivity index (χ0v) is 17.7. The van der Waals surface area contributed by atoms with Crippen molar-refractivity contribution in [3.63, 3.8) is 0 Å². The molecule has 1 saturated heterocycles. The molecule has 0 spiro atoms. The molecule has 0 unspecified atom stereocenters. The molecule has 3 rings (SSSR count). The van der Waals surface area contributed by atoms with Crippen LogP contribution in [0.5, 0.6) is 11.5 Å². The quantitative estimate of drug-likeness (QED) is 0.730. The maximum atomic E-state index is 12.8. The van der Waals surface area contributed by atoms with Crippen LogP contribution in [0.1, 0.15) is 15.9 Å². The molecule has 2 aromatic rings. The average Bonchev–Trinajstić information content (AvgIpc) is 2.74. The Kier molecular flexibility index (Phi) is 7.24. The van der Waals surface area contributed by atoms with Crippen molar-refractivity contribution in [1.82, 2.24) is 9.80 Å². The number of ether oxygens (including phenoxy) is 2. The minimum absolute atomic E-state index is 0.0893. The van der Waals surface area contributed by atoms with Gasteiger partial charge in [-0.15, -0.1) is 13.2 Å². The van der Waals surface area contributed by atoms with Crippen LogP contribution in [0.25, 0.3) is 0 Å². The van der Waals surface area contributed by atoms with Crippen molar-refractivity contribution in [1.29, 1.82) is 0 Å². The van der Waals surface area contributed by atoms with E-state index in [2.05, 4.69) is 10.1 Å². The molecule has 10 heteroatoms. The molecule has 0 atom stereocenters. The third-order valence-electron chi connectivity index (χ3n) is 5.05. The first kappa shape index (κ1) is 23.4. The molecular weight excluding hydrogens is 427 g/mol. The van der Waals surface area contributed by atoms with Gasteiger partial charge in [0.15, 0.2) is 0 Å². The lowest BCUT2D eigenvalue weighted by molar-refractivity contribution is -0.274. The number of nitrogens with zero attached hydrogens (tertiary/aromatic N) is 2. The highest BCUT2D eigenvalue weighted by atomic mass is 19.4. The highest BCUT2D eigenvalue weighted by Crippen LogP contribution is 2.24. The molecule has 0 bridgehead atoms. The maximum Gasteiger partial charge on any atom is 0.573 e. The Bertz CT molecular complexity index is 956. The van der Waals surface area contributed by atoms with Gasteiger partial charge in [0.25, 0.3) is 5.91 Å². The van der Waals surface area contributed by atoms with E-state index in [4.69, 9.17) is 4.74 Å². The number of nitrogens with one attached hydrogen (secondary N) is 1. The number of amides is 2. The van der Waals surface area contributed by atoms with Gasteiger partial charge in [-0.3, -0.25) is 14.5 Å². The molecule has 0 radical (unpaired) electrons. The van der Waals surface area contributed by atoms with Gasteiger partial charge in [0.05, 0.1) is 13.7 Å². The molecule has 2 amide bonds. The number of carbonyl (C=O) groups excluding carboxylic acids is 2. The monoisotopic (exact) mass is 451 g/mol. The summed E-state index contributed by atoms with van der Waals surface area (Å²) in [5.41, 5.74) is 1.87. The number of carbonyl (C=O) groups is 2. The van der Waals surface area contributed by atoms with Gasteiger partial charge in [-0.1, -0.05) is 6.07 Å². The number of methoxy groups -OCH3 is 1. The van der Waals surface area contributed by atoms with Crippen molar-refractivity contribution in [2.45, 2.75) is 13.3 Å². The fourth-order valence-corrected chi connectivity index (χ4v) is 3.39. The highest BCUT2D eigenvalue weighted by Gasteiger charge is 2.31. The summed E-state index contributed by atoms with van der Waals surface area (Å²) < 4.78 is 45.7. The first-order valence-electron chi connectivity index (χ1n) is 9.96. The molecular formula is C22H24F3N3O4. The van der Waals surface area contributed by atoms with Gasteiger partial charge in [-0.05, 0) is 48.9 Å². The number of alkyl halides is 3. The third kappa shape index (κ3) is 6.36. The predicted molar refractivity (Wildman–Crippen MR) is 112 cm³/mol. The van der Waals surface area contributed by atoms with Crippen molar-refractivity contribution in [3.8, 4) is 11.5 Å². The molecule has 1 heterocycles. The van der Waals surface area contributed by atoms with Crippen molar-refractivity contribution < 1.29 is 32.2 Å². The van der Waals surface area contributed by atoms with Gasteiger partial charge in [-0.2, -0.15) is 0 Å². The summed E-state index contributed by atoms with van der Waals surface area (Å²) in [6, 6.07) is 10.3. The number of anilines is 1. The first-order chi connectivity index (χ1) is 15.1. The van der Waals surface area contributed by atoms with Crippen LogP contribution < -0.4 is 14.8 Å². The Morgan fingerprint density at radius 3 is 2.28 bits per heavy atom. The molecule has 32 heavy (non-hydrogen) atoms. The Morgan fingerprint density at radius 1 is 1.03 bits per heavy atom. The number of hydrogen-bond acceptors (Lipinski definition) is 5. The van der Waals surface area contributed by atoms with E-state index >= 15 is 0 Å². The Labute approximate surface area is 183 Å². The number of halogens is 3. The van der Waals surface area contributed by atoms with Crippen molar-refractivity contribution in [2.24, 2.45) is 0 Å². The van der Waals surface area contributed by atoms with Crippen LogP contribution in [0, 0.1) is 6.92 Å². The summed E-state index contributed by atoms with van der Waals surface area (Å²) in [7, 11) is 1.56. The second-order valence-corrected chi connectivity index (χ2v) is 7.37. The summed E-state index contributed by atoms with van der Waals surface area (Å²) in [5, 5.41) is 2.65. The zero-order chi connectivity index (χ0) is 23.3. The fraction of sp³-hybridized carbons (Fsp3) is 0.364. The standard InChI is InChI=1S/C22H24F3N3O4/c1-15-3-4-16(13-19(15)31-2)21(30)28-11-9-27(10-12-28)14-20(29)26-17-5-7-18(8-6-17)32-22(23,24)25/h3-8,13H,9-12,14H2,1-2H3,(H,26,29). The number of piperazine rings is 1. The summed E-state index contributed by atoms with van der Waals surface area (Å²) in [5.74, 6) is -0.0854. The van der Waals surface area contributed by atoms with Gasteiger partial charge in [-0.25, -0.2) is 0 Å². The van der Waals surface area contributed by atoms with E-state index < -0.39 is 6.36 Å². The molecule has 172 valence electrons. The van der Waals surface area contributed by atoms with E-state index in [1.54, 1.807) is 24.1 Å². The van der Waals surface area contributed by atoms with Gasteiger partial charge >= 0.3 is 6.36 Å². The smallest absolute Gasteiger partial charge is 0.496 e. The second kappa shape index (κ2) is 9.90. The van der Waals surface area contributed by atoms with E-state index in [-0.39, 0.29) is 24.1 Å². The summed E-state index contributed by atoms with van der Waals surface area (Å²) >= 11 is 0. The molecule has 1 fully saturated rings. The fourth-order valence-electron chi connectivity index (χ4n) is 3.39. The largest absolute Gasteiger partial charge is 0.573 e.